The first-order chi connectivity index (χ1) is 8.79. The molecular weight excluding hydrogens is 407 g/mol. The summed E-state index contributed by atoms with van der Waals surface area (Å²) in [5.41, 5.74) is 0.460. The Balaban J connectivity index is 1.98. The molecule has 19 heavy (non-hydrogen) atoms. The molecule has 4 heteroatoms. The third-order valence-electron chi connectivity index (χ3n) is 4.35. The molecule has 0 saturated heterocycles. The molecule has 108 valence electrons. The van der Waals surface area contributed by atoms with E-state index in [4.69, 9.17) is 11.6 Å². The highest BCUT2D eigenvalue weighted by atomic mass is 79.9. The molecule has 0 spiro atoms. The van der Waals surface area contributed by atoms with Gasteiger partial charge in [0.05, 0.1) is 13.6 Å². The molecule has 1 unspecified atom stereocenters. The summed E-state index contributed by atoms with van der Waals surface area (Å²) < 4.78 is 1.05. The molecule has 1 aromatic rings. The van der Waals surface area contributed by atoms with Crippen molar-refractivity contribution in [2.45, 2.75) is 51.3 Å². The van der Waals surface area contributed by atoms with Gasteiger partial charge in [0.15, 0.2) is 0 Å². The Labute approximate surface area is 142 Å². The Morgan fingerprint density at radius 2 is 1.84 bits per heavy atom. The van der Waals surface area contributed by atoms with Crippen molar-refractivity contribution >= 4 is 54.8 Å². The van der Waals surface area contributed by atoms with Crippen LogP contribution in [-0.4, -0.2) is 0 Å². The van der Waals surface area contributed by atoms with Gasteiger partial charge in [-0.05, 0) is 64.9 Å². The lowest BCUT2D eigenvalue weighted by molar-refractivity contribution is 0.150. The molecule has 0 radical (unpaired) electrons. The molecule has 2 rings (SSSR count). The van der Waals surface area contributed by atoms with Crippen molar-refractivity contribution in [2.24, 2.45) is 17.3 Å². The van der Waals surface area contributed by atoms with Gasteiger partial charge in [-0.15, -0.1) is 11.3 Å². The lowest BCUT2D eigenvalue weighted by atomic mass is 9.69. The van der Waals surface area contributed by atoms with Crippen molar-refractivity contribution in [3.63, 3.8) is 0 Å². The minimum atomic E-state index is 0.460. The second-order valence-corrected chi connectivity index (χ2v) is 10.4. The molecule has 0 bridgehead atoms. The summed E-state index contributed by atoms with van der Waals surface area (Å²) in [6.45, 7) is 7.12. The highest BCUT2D eigenvalue weighted by molar-refractivity contribution is 9.11. The van der Waals surface area contributed by atoms with Crippen LogP contribution in [0.15, 0.2) is 9.85 Å². The summed E-state index contributed by atoms with van der Waals surface area (Å²) in [6.07, 6.45) is 5.36. The van der Waals surface area contributed by atoms with Crippen LogP contribution in [0, 0.1) is 17.3 Å². The number of rotatable bonds is 2. The van der Waals surface area contributed by atoms with Crippen LogP contribution in [-0.2, 0) is 0 Å². The highest BCUT2D eigenvalue weighted by Gasteiger charge is 2.33. The van der Waals surface area contributed by atoms with Gasteiger partial charge in [0.2, 0.25) is 0 Å². The van der Waals surface area contributed by atoms with E-state index in [0.717, 1.165) is 20.6 Å². The second kappa shape index (κ2) is 6.37. The topological polar surface area (TPSA) is 0 Å². The Morgan fingerprint density at radius 3 is 2.26 bits per heavy atom. The third kappa shape index (κ3) is 3.99. The zero-order chi connectivity index (χ0) is 14.2. The molecule has 1 saturated carbocycles. The first kappa shape index (κ1) is 16.3. The van der Waals surface area contributed by atoms with E-state index in [-0.39, 0.29) is 0 Å². The van der Waals surface area contributed by atoms with Gasteiger partial charge in [0, 0.05) is 4.88 Å². The normalized spacial score (nSPS) is 26.4. The zero-order valence-electron chi connectivity index (χ0n) is 11.7. The maximum atomic E-state index is 6.14. The van der Waals surface area contributed by atoms with Crippen molar-refractivity contribution in [2.75, 3.05) is 0 Å². The van der Waals surface area contributed by atoms with Crippen molar-refractivity contribution in [1.29, 1.82) is 0 Å². The van der Waals surface area contributed by atoms with Gasteiger partial charge in [0.1, 0.15) is 0 Å². The van der Waals surface area contributed by atoms with E-state index < -0.39 is 0 Å². The third-order valence-corrected chi connectivity index (χ3v) is 8.45. The van der Waals surface area contributed by atoms with E-state index >= 15 is 0 Å². The molecular formula is C15H21Br2ClS. The maximum Gasteiger partial charge on any atom is 0.0887 e. The molecule has 1 aliphatic rings. The molecule has 0 aromatic carbocycles. The van der Waals surface area contributed by atoms with Gasteiger partial charge in [0.25, 0.3) is 0 Å². The van der Waals surface area contributed by atoms with Gasteiger partial charge >= 0.3 is 0 Å². The summed E-state index contributed by atoms with van der Waals surface area (Å²) in [7, 11) is 0. The standard InChI is InChI=1S/C15H21Br2ClS/c1-15(2,3)10-6-4-9(5-7-10)13(16)12-8-11(18)14(17)19-12/h8-10,13H,4-7H2,1-3H3. The van der Waals surface area contributed by atoms with E-state index in [1.807, 2.05) is 0 Å². The van der Waals surface area contributed by atoms with Gasteiger partial charge in [-0.2, -0.15) is 0 Å². The van der Waals surface area contributed by atoms with Crippen molar-refractivity contribution < 1.29 is 0 Å². The monoisotopic (exact) mass is 426 g/mol. The van der Waals surface area contributed by atoms with Gasteiger partial charge in [-0.25, -0.2) is 0 Å². The fraction of sp³-hybridized carbons (Fsp3) is 0.733. The smallest absolute Gasteiger partial charge is 0.0887 e. The number of alkyl halides is 1. The average Bonchev–Trinajstić information content (AvgIpc) is 2.68. The van der Waals surface area contributed by atoms with Crippen molar-refractivity contribution in [3.8, 4) is 0 Å². The van der Waals surface area contributed by atoms with E-state index in [0.29, 0.717) is 10.2 Å². The summed E-state index contributed by atoms with van der Waals surface area (Å²) >= 11 is 15.3. The number of hydrogen-bond donors (Lipinski definition) is 0. The molecule has 0 amide bonds. The molecule has 0 N–H and O–H groups in total. The Kier molecular flexibility index (Phi) is 5.48. The SMILES string of the molecule is CC(C)(C)C1CCC(C(Br)c2cc(Cl)c(Br)s2)CC1. The largest absolute Gasteiger partial charge is 0.130 e. The first-order valence-corrected chi connectivity index (χ1v) is 9.78. The van der Waals surface area contributed by atoms with Crippen LogP contribution in [0.4, 0.5) is 0 Å². The van der Waals surface area contributed by atoms with Gasteiger partial charge in [-0.3, -0.25) is 0 Å². The lowest BCUT2D eigenvalue weighted by Gasteiger charge is -2.38. The van der Waals surface area contributed by atoms with Crippen LogP contribution in [0.25, 0.3) is 0 Å². The van der Waals surface area contributed by atoms with Gasteiger partial charge in [-0.1, -0.05) is 48.3 Å². The number of hydrogen-bond acceptors (Lipinski definition) is 1. The zero-order valence-corrected chi connectivity index (χ0v) is 16.4. The minimum absolute atomic E-state index is 0.460. The van der Waals surface area contributed by atoms with Crippen LogP contribution in [0.1, 0.15) is 56.2 Å². The summed E-state index contributed by atoms with van der Waals surface area (Å²) in [4.78, 5) is 1.82. The maximum absolute atomic E-state index is 6.14. The Morgan fingerprint density at radius 1 is 1.26 bits per heavy atom. The molecule has 1 atom stereocenters. The molecule has 0 nitrogen and oxygen atoms in total. The minimum Gasteiger partial charge on any atom is -0.130 e. The predicted molar refractivity (Wildman–Crippen MR) is 93.6 cm³/mol. The van der Waals surface area contributed by atoms with Crippen LogP contribution in [0.2, 0.25) is 5.02 Å². The molecule has 1 heterocycles. The van der Waals surface area contributed by atoms with Crippen LogP contribution in [0.3, 0.4) is 0 Å². The number of thiophene rings is 1. The Bertz CT molecular complexity index is 408. The molecule has 1 fully saturated rings. The van der Waals surface area contributed by atoms with Crippen LogP contribution in [0.5, 0.6) is 0 Å². The molecule has 1 aliphatic carbocycles. The van der Waals surface area contributed by atoms with Gasteiger partial charge < -0.3 is 0 Å². The first-order valence-electron chi connectivity index (χ1n) is 6.88. The van der Waals surface area contributed by atoms with E-state index in [1.54, 1.807) is 11.3 Å². The average molecular weight is 429 g/mol. The van der Waals surface area contributed by atoms with E-state index in [9.17, 15) is 0 Å². The van der Waals surface area contributed by atoms with Crippen LogP contribution >= 0.6 is 54.8 Å². The fourth-order valence-electron chi connectivity index (χ4n) is 3.01. The van der Waals surface area contributed by atoms with Crippen LogP contribution < -0.4 is 0 Å². The van der Waals surface area contributed by atoms with E-state index in [1.165, 1.54) is 30.6 Å². The summed E-state index contributed by atoms with van der Waals surface area (Å²) in [6, 6.07) is 2.10. The Hall–Kier alpha value is 0.950. The lowest BCUT2D eigenvalue weighted by Crippen LogP contribution is -2.26. The van der Waals surface area contributed by atoms with Crippen molar-refractivity contribution in [1.82, 2.24) is 0 Å². The van der Waals surface area contributed by atoms with Crippen molar-refractivity contribution in [3.05, 3.63) is 19.8 Å². The number of halogens is 3. The molecule has 1 aromatic heterocycles. The highest BCUT2D eigenvalue weighted by Crippen LogP contribution is 2.48. The molecule has 0 aliphatic heterocycles. The predicted octanol–water partition coefficient (Wildman–Crippen LogP) is 7.45. The van der Waals surface area contributed by atoms with E-state index in [2.05, 4.69) is 58.7 Å². The summed E-state index contributed by atoms with van der Waals surface area (Å²) in [5, 5.41) is 0.841. The summed E-state index contributed by atoms with van der Waals surface area (Å²) in [5.74, 6) is 1.63. The fourth-order valence-corrected chi connectivity index (χ4v) is 5.77. The quantitative estimate of drug-likeness (QED) is 0.429. The second-order valence-electron chi connectivity index (χ2n) is 6.65.